The number of hydrogen-bond acceptors (Lipinski definition) is 8. The topological polar surface area (TPSA) is 104 Å². The standard InChI is InChI=1S/C21H24N6O3/c1-13(22)12-29-20-4-3-19-24-10-16(27(19)25-20)18-9-15-17(30-18)5-6-23-21(15)26-7-8-28-14(2)11-26/h3-6,9-10,13-14H,7-8,11-12,22H2,1-2H3. The van der Waals surface area contributed by atoms with Crippen LogP contribution in [-0.4, -0.2) is 58.0 Å². The molecule has 9 nitrogen and oxygen atoms in total. The van der Waals surface area contributed by atoms with Crippen LogP contribution in [-0.2, 0) is 4.74 Å². The lowest BCUT2D eigenvalue weighted by molar-refractivity contribution is 0.0530. The van der Waals surface area contributed by atoms with E-state index in [0.717, 1.165) is 35.6 Å². The molecule has 5 heterocycles. The molecule has 0 aromatic carbocycles. The second-order valence-corrected chi connectivity index (χ2v) is 7.66. The van der Waals surface area contributed by atoms with Crippen molar-refractivity contribution in [2.45, 2.75) is 26.0 Å². The fourth-order valence-electron chi connectivity index (χ4n) is 3.66. The van der Waals surface area contributed by atoms with Crippen molar-refractivity contribution in [3.63, 3.8) is 0 Å². The summed E-state index contributed by atoms with van der Waals surface area (Å²) < 4.78 is 19.2. The molecule has 2 N–H and O–H groups in total. The van der Waals surface area contributed by atoms with Crippen molar-refractivity contribution < 1.29 is 13.9 Å². The maximum atomic E-state index is 6.16. The zero-order valence-corrected chi connectivity index (χ0v) is 17.0. The molecule has 1 saturated heterocycles. The van der Waals surface area contributed by atoms with Crippen LogP contribution in [0.25, 0.3) is 28.1 Å². The van der Waals surface area contributed by atoms with Gasteiger partial charge in [0.25, 0.3) is 0 Å². The minimum atomic E-state index is -0.0750. The Balaban J connectivity index is 1.54. The number of anilines is 1. The number of imidazole rings is 1. The molecule has 156 valence electrons. The van der Waals surface area contributed by atoms with Gasteiger partial charge in [-0.25, -0.2) is 14.5 Å². The van der Waals surface area contributed by atoms with Gasteiger partial charge in [-0.05, 0) is 32.0 Å². The number of pyridine rings is 1. The highest BCUT2D eigenvalue weighted by Crippen LogP contribution is 2.33. The molecule has 9 heteroatoms. The van der Waals surface area contributed by atoms with Gasteiger partial charge >= 0.3 is 0 Å². The Morgan fingerprint density at radius 3 is 3.03 bits per heavy atom. The Morgan fingerprint density at radius 1 is 1.30 bits per heavy atom. The zero-order chi connectivity index (χ0) is 20.7. The molecule has 4 aromatic heterocycles. The van der Waals surface area contributed by atoms with E-state index >= 15 is 0 Å². The molecule has 1 fully saturated rings. The molecule has 1 aliphatic heterocycles. The van der Waals surface area contributed by atoms with E-state index in [4.69, 9.17) is 19.6 Å². The molecule has 0 amide bonds. The SMILES string of the molecule is CC(N)COc1ccc2ncc(-c3cc4c(N5CCOC(C)C5)nccc4o3)n2n1. The second kappa shape index (κ2) is 7.58. The van der Waals surface area contributed by atoms with Gasteiger partial charge in [-0.1, -0.05) is 0 Å². The van der Waals surface area contributed by atoms with Gasteiger partial charge in [-0.3, -0.25) is 0 Å². The van der Waals surface area contributed by atoms with Gasteiger partial charge in [0.1, 0.15) is 23.7 Å². The van der Waals surface area contributed by atoms with Gasteiger partial charge in [-0.2, -0.15) is 0 Å². The van der Waals surface area contributed by atoms with Crippen LogP contribution in [0.1, 0.15) is 13.8 Å². The van der Waals surface area contributed by atoms with Crippen LogP contribution in [0.4, 0.5) is 5.82 Å². The van der Waals surface area contributed by atoms with E-state index in [-0.39, 0.29) is 12.1 Å². The lowest BCUT2D eigenvalue weighted by atomic mass is 10.2. The van der Waals surface area contributed by atoms with Crippen LogP contribution in [0.2, 0.25) is 0 Å². The molecule has 0 aliphatic carbocycles. The Bertz CT molecular complexity index is 1180. The Labute approximate surface area is 173 Å². The first-order valence-electron chi connectivity index (χ1n) is 10.1. The predicted octanol–water partition coefficient (Wildman–Crippen LogP) is 2.49. The van der Waals surface area contributed by atoms with Gasteiger partial charge in [0.2, 0.25) is 5.88 Å². The molecule has 0 spiro atoms. The van der Waals surface area contributed by atoms with Gasteiger partial charge in [0, 0.05) is 31.4 Å². The number of rotatable bonds is 5. The summed E-state index contributed by atoms with van der Waals surface area (Å²) in [7, 11) is 0. The Hall–Kier alpha value is -3.17. The molecule has 4 aromatic rings. The largest absolute Gasteiger partial charge is 0.475 e. The van der Waals surface area contributed by atoms with Crippen molar-refractivity contribution in [2.75, 3.05) is 31.2 Å². The van der Waals surface area contributed by atoms with Crippen molar-refractivity contribution in [1.29, 1.82) is 0 Å². The molecule has 1 aliphatic rings. The molecular formula is C21H24N6O3. The number of nitrogens with two attached hydrogens (primary N) is 1. The molecule has 0 bridgehead atoms. The van der Waals surface area contributed by atoms with Crippen molar-refractivity contribution in [3.8, 4) is 17.3 Å². The molecule has 2 atom stereocenters. The zero-order valence-electron chi connectivity index (χ0n) is 17.0. The van der Waals surface area contributed by atoms with Crippen LogP contribution in [0.3, 0.4) is 0 Å². The van der Waals surface area contributed by atoms with Crippen molar-refractivity contribution in [1.82, 2.24) is 19.6 Å². The van der Waals surface area contributed by atoms with Gasteiger partial charge in [0.15, 0.2) is 11.4 Å². The third-order valence-corrected chi connectivity index (χ3v) is 5.05. The first kappa shape index (κ1) is 18.8. The predicted molar refractivity (Wildman–Crippen MR) is 113 cm³/mol. The summed E-state index contributed by atoms with van der Waals surface area (Å²) in [6, 6.07) is 7.44. The average Bonchev–Trinajstić information content (AvgIpc) is 3.35. The number of hydrogen-bond donors (Lipinski definition) is 1. The van der Waals surface area contributed by atoms with E-state index in [0.29, 0.717) is 30.5 Å². The van der Waals surface area contributed by atoms with Crippen LogP contribution >= 0.6 is 0 Å². The summed E-state index contributed by atoms with van der Waals surface area (Å²) in [6.45, 7) is 6.63. The highest BCUT2D eigenvalue weighted by molar-refractivity contribution is 5.92. The smallest absolute Gasteiger partial charge is 0.231 e. The summed E-state index contributed by atoms with van der Waals surface area (Å²) in [5.74, 6) is 2.06. The maximum Gasteiger partial charge on any atom is 0.231 e. The number of ether oxygens (including phenoxy) is 2. The first-order valence-corrected chi connectivity index (χ1v) is 10.1. The second-order valence-electron chi connectivity index (χ2n) is 7.66. The fourth-order valence-corrected chi connectivity index (χ4v) is 3.66. The van der Waals surface area contributed by atoms with Crippen molar-refractivity contribution >= 4 is 22.4 Å². The number of nitrogens with zero attached hydrogens (tertiary/aromatic N) is 5. The van der Waals surface area contributed by atoms with Crippen LogP contribution < -0.4 is 15.4 Å². The van der Waals surface area contributed by atoms with Gasteiger partial charge in [0.05, 0.1) is 24.3 Å². The van der Waals surface area contributed by atoms with Crippen molar-refractivity contribution in [3.05, 3.63) is 36.7 Å². The molecule has 5 rings (SSSR count). The molecule has 0 radical (unpaired) electrons. The van der Waals surface area contributed by atoms with Crippen LogP contribution in [0, 0.1) is 0 Å². The third kappa shape index (κ3) is 3.46. The Kier molecular flexibility index (Phi) is 4.76. The van der Waals surface area contributed by atoms with E-state index in [9.17, 15) is 0 Å². The minimum absolute atomic E-state index is 0.0750. The lowest BCUT2D eigenvalue weighted by Crippen LogP contribution is -2.41. The van der Waals surface area contributed by atoms with Gasteiger partial charge < -0.3 is 24.5 Å². The van der Waals surface area contributed by atoms with E-state index < -0.39 is 0 Å². The van der Waals surface area contributed by atoms with Crippen LogP contribution in [0.5, 0.6) is 5.88 Å². The monoisotopic (exact) mass is 408 g/mol. The molecule has 0 saturated carbocycles. The maximum absolute atomic E-state index is 6.16. The minimum Gasteiger partial charge on any atom is -0.475 e. The van der Waals surface area contributed by atoms with E-state index in [1.54, 1.807) is 23.0 Å². The summed E-state index contributed by atoms with van der Waals surface area (Å²) in [6.07, 6.45) is 3.69. The Morgan fingerprint density at radius 2 is 2.20 bits per heavy atom. The van der Waals surface area contributed by atoms with Crippen molar-refractivity contribution in [2.24, 2.45) is 5.73 Å². The number of fused-ring (bicyclic) bond motifs is 2. The number of aromatic nitrogens is 4. The van der Waals surface area contributed by atoms with E-state index in [2.05, 4.69) is 26.9 Å². The summed E-state index contributed by atoms with van der Waals surface area (Å²) in [4.78, 5) is 11.3. The summed E-state index contributed by atoms with van der Waals surface area (Å²) >= 11 is 0. The van der Waals surface area contributed by atoms with E-state index in [1.807, 2.05) is 25.1 Å². The molecular weight excluding hydrogens is 384 g/mol. The fraction of sp³-hybridized carbons (Fsp3) is 0.381. The number of morpholine rings is 1. The number of furan rings is 1. The molecule has 30 heavy (non-hydrogen) atoms. The highest BCUT2D eigenvalue weighted by atomic mass is 16.5. The van der Waals surface area contributed by atoms with Gasteiger partial charge in [-0.15, -0.1) is 5.10 Å². The lowest BCUT2D eigenvalue weighted by Gasteiger charge is -2.32. The summed E-state index contributed by atoms with van der Waals surface area (Å²) in [5, 5.41) is 5.51. The summed E-state index contributed by atoms with van der Waals surface area (Å²) in [5.41, 5.74) is 8.00. The quantitative estimate of drug-likeness (QED) is 0.537. The highest BCUT2D eigenvalue weighted by Gasteiger charge is 2.22. The average molecular weight is 408 g/mol. The normalized spacial score (nSPS) is 18.2. The molecule has 2 unspecified atom stereocenters. The van der Waals surface area contributed by atoms with Crippen LogP contribution in [0.15, 0.2) is 41.1 Å². The first-order chi connectivity index (χ1) is 14.6. The third-order valence-electron chi connectivity index (χ3n) is 5.05. The van der Waals surface area contributed by atoms with E-state index in [1.165, 1.54) is 0 Å².